The highest BCUT2D eigenvalue weighted by Crippen LogP contribution is 2.14. The molecule has 2 aromatic carbocycles. The van der Waals surface area contributed by atoms with Gasteiger partial charge < -0.3 is 10.1 Å². The lowest BCUT2D eigenvalue weighted by Crippen LogP contribution is -2.24. The van der Waals surface area contributed by atoms with Crippen LogP contribution < -0.4 is 10.1 Å². The summed E-state index contributed by atoms with van der Waals surface area (Å²) in [5, 5.41) is 12.2. The van der Waals surface area contributed by atoms with E-state index in [1.807, 2.05) is 42.5 Å². The van der Waals surface area contributed by atoms with Gasteiger partial charge in [-0.1, -0.05) is 24.3 Å². The van der Waals surface area contributed by atoms with Gasteiger partial charge in [0.1, 0.15) is 12.4 Å². The third-order valence-electron chi connectivity index (χ3n) is 3.35. The number of rotatable bonds is 6. The number of ether oxygens (including phenoxy) is 1. The van der Waals surface area contributed by atoms with Gasteiger partial charge in [-0.05, 0) is 49.2 Å². The summed E-state index contributed by atoms with van der Waals surface area (Å²) in [6.07, 6.45) is 0. The van der Waals surface area contributed by atoms with E-state index in [0.29, 0.717) is 12.2 Å². The van der Waals surface area contributed by atoms with E-state index in [4.69, 9.17) is 10.00 Å². The molecule has 0 saturated heterocycles. The lowest BCUT2D eigenvalue weighted by molar-refractivity contribution is 0.307. The third kappa shape index (κ3) is 4.62. The van der Waals surface area contributed by atoms with Gasteiger partial charge in [-0.3, -0.25) is 0 Å². The minimum absolute atomic E-state index is 0.235. The molecule has 1 atom stereocenters. The number of nitrogens with zero attached hydrogens (tertiary/aromatic N) is 1. The molecule has 3 heteroatoms. The predicted molar refractivity (Wildman–Crippen MR) is 84.2 cm³/mol. The van der Waals surface area contributed by atoms with Crippen molar-refractivity contribution in [2.75, 3.05) is 13.2 Å². The van der Waals surface area contributed by atoms with Crippen LogP contribution in [-0.2, 0) is 0 Å². The molecule has 2 aromatic rings. The zero-order chi connectivity index (χ0) is 15.1. The van der Waals surface area contributed by atoms with Gasteiger partial charge in [-0.15, -0.1) is 0 Å². The number of benzene rings is 2. The van der Waals surface area contributed by atoms with Crippen molar-refractivity contribution in [2.24, 2.45) is 0 Å². The number of hydrogen-bond acceptors (Lipinski definition) is 3. The van der Waals surface area contributed by atoms with E-state index in [9.17, 15) is 0 Å². The molecule has 3 nitrogen and oxygen atoms in total. The van der Waals surface area contributed by atoms with Crippen LogP contribution in [0, 0.1) is 18.3 Å². The second kappa shape index (κ2) is 7.47. The number of nitrogens with one attached hydrogen (secondary N) is 1. The maximum atomic E-state index is 8.79. The zero-order valence-electron chi connectivity index (χ0n) is 12.5. The van der Waals surface area contributed by atoms with Crippen LogP contribution in [0.3, 0.4) is 0 Å². The van der Waals surface area contributed by atoms with Gasteiger partial charge in [-0.25, -0.2) is 0 Å². The van der Waals surface area contributed by atoms with Gasteiger partial charge in [0.05, 0.1) is 11.6 Å². The summed E-state index contributed by atoms with van der Waals surface area (Å²) < 4.78 is 5.70. The quantitative estimate of drug-likeness (QED) is 0.822. The fourth-order valence-corrected chi connectivity index (χ4v) is 2.11. The molecule has 0 aromatic heterocycles. The Morgan fingerprint density at radius 3 is 2.62 bits per heavy atom. The van der Waals surface area contributed by atoms with Gasteiger partial charge >= 0.3 is 0 Å². The Balaban J connectivity index is 1.76. The fraction of sp³-hybridized carbons (Fsp3) is 0.278. The molecule has 0 amide bonds. The Morgan fingerprint density at radius 1 is 1.19 bits per heavy atom. The standard InChI is InChI=1S/C18H20N2O/c1-14-4-3-5-18(12-14)21-11-10-20-15(2)17-8-6-16(13-19)7-9-17/h3-9,12,15,20H,10-11H2,1-2H3. The smallest absolute Gasteiger partial charge is 0.119 e. The van der Waals surface area contributed by atoms with Gasteiger partial charge in [0, 0.05) is 12.6 Å². The van der Waals surface area contributed by atoms with E-state index in [1.165, 1.54) is 11.1 Å². The van der Waals surface area contributed by atoms with E-state index in [2.05, 4.69) is 31.3 Å². The van der Waals surface area contributed by atoms with Gasteiger partial charge in [0.25, 0.3) is 0 Å². The Labute approximate surface area is 126 Å². The highest BCUT2D eigenvalue weighted by Gasteiger charge is 2.04. The first kappa shape index (κ1) is 15.1. The van der Waals surface area contributed by atoms with E-state index in [0.717, 1.165) is 12.3 Å². The second-order valence-corrected chi connectivity index (χ2v) is 5.07. The van der Waals surface area contributed by atoms with Crippen molar-refractivity contribution in [3.8, 4) is 11.8 Å². The van der Waals surface area contributed by atoms with Crippen molar-refractivity contribution in [2.45, 2.75) is 19.9 Å². The molecule has 21 heavy (non-hydrogen) atoms. The number of nitriles is 1. The maximum absolute atomic E-state index is 8.79. The molecule has 0 saturated carbocycles. The summed E-state index contributed by atoms with van der Waals surface area (Å²) in [5.41, 5.74) is 3.06. The van der Waals surface area contributed by atoms with E-state index in [1.54, 1.807) is 0 Å². The second-order valence-electron chi connectivity index (χ2n) is 5.07. The highest BCUT2D eigenvalue weighted by molar-refractivity contribution is 5.32. The summed E-state index contributed by atoms with van der Waals surface area (Å²) in [6.45, 7) is 5.56. The van der Waals surface area contributed by atoms with Crippen molar-refractivity contribution < 1.29 is 4.74 Å². The molecule has 0 radical (unpaired) electrons. The Hall–Kier alpha value is -2.31. The average molecular weight is 280 g/mol. The Kier molecular flexibility index (Phi) is 5.36. The highest BCUT2D eigenvalue weighted by atomic mass is 16.5. The lowest BCUT2D eigenvalue weighted by atomic mass is 10.1. The third-order valence-corrected chi connectivity index (χ3v) is 3.35. The first-order valence-electron chi connectivity index (χ1n) is 7.12. The number of hydrogen-bond donors (Lipinski definition) is 1. The van der Waals surface area contributed by atoms with Crippen LogP contribution in [0.25, 0.3) is 0 Å². The summed E-state index contributed by atoms with van der Waals surface area (Å²) in [6, 6.07) is 18.1. The monoisotopic (exact) mass is 280 g/mol. The Morgan fingerprint density at radius 2 is 1.95 bits per heavy atom. The molecule has 0 aliphatic heterocycles. The Bertz CT molecular complexity index is 614. The molecule has 108 valence electrons. The average Bonchev–Trinajstić information content (AvgIpc) is 2.51. The van der Waals surface area contributed by atoms with Crippen LogP contribution in [0.5, 0.6) is 5.75 Å². The number of aryl methyl sites for hydroxylation is 1. The molecular formula is C18H20N2O. The molecule has 0 spiro atoms. The van der Waals surface area contributed by atoms with Crippen molar-refractivity contribution in [1.82, 2.24) is 5.32 Å². The summed E-state index contributed by atoms with van der Waals surface area (Å²) >= 11 is 0. The van der Waals surface area contributed by atoms with Gasteiger partial charge in [0.15, 0.2) is 0 Å². The fourth-order valence-electron chi connectivity index (χ4n) is 2.11. The zero-order valence-corrected chi connectivity index (χ0v) is 12.5. The van der Waals surface area contributed by atoms with Crippen molar-refractivity contribution >= 4 is 0 Å². The van der Waals surface area contributed by atoms with Crippen LogP contribution in [-0.4, -0.2) is 13.2 Å². The van der Waals surface area contributed by atoms with Gasteiger partial charge in [0.2, 0.25) is 0 Å². The van der Waals surface area contributed by atoms with Crippen LogP contribution in [0.2, 0.25) is 0 Å². The predicted octanol–water partition coefficient (Wildman–Crippen LogP) is 3.60. The minimum atomic E-state index is 0.235. The molecule has 1 unspecified atom stereocenters. The molecule has 2 rings (SSSR count). The molecule has 0 aliphatic carbocycles. The molecule has 1 N–H and O–H groups in total. The van der Waals surface area contributed by atoms with E-state index >= 15 is 0 Å². The molecule has 0 aliphatic rings. The van der Waals surface area contributed by atoms with Crippen LogP contribution in [0.15, 0.2) is 48.5 Å². The maximum Gasteiger partial charge on any atom is 0.119 e. The van der Waals surface area contributed by atoms with Crippen LogP contribution >= 0.6 is 0 Å². The first-order valence-corrected chi connectivity index (χ1v) is 7.12. The molecule has 0 fully saturated rings. The lowest BCUT2D eigenvalue weighted by Gasteiger charge is -2.15. The van der Waals surface area contributed by atoms with E-state index in [-0.39, 0.29) is 6.04 Å². The van der Waals surface area contributed by atoms with Crippen molar-refractivity contribution in [3.63, 3.8) is 0 Å². The van der Waals surface area contributed by atoms with Crippen molar-refractivity contribution in [1.29, 1.82) is 5.26 Å². The molecule has 0 heterocycles. The molecule has 0 bridgehead atoms. The minimum Gasteiger partial charge on any atom is -0.492 e. The summed E-state index contributed by atoms with van der Waals surface area (Å²) in [5.74, 6) is 0.905. The normalized spacial score (nSPS) is 11.7. The van der Waals surface area contributed by atoms with Gasteiger partial charge in [-0.2, -0.15) is 5.26 Å². The van der Waals surface area contributed by atoms with E-state index < -0.39 is 0 Å². The SMILES string of the molecule is Cc1cccc(OCCNC(C)c2ccc(C#N)cc2)c1. The summed E-state index contributed by atoms with van der Waals surface area (Å²) in [4.78, 5) is 0. The van der Waals surface area contributed by atoms with Crippen LogP contribution in [0.1, 0.15) is 29.7 Å². The largest absolute Gasteiger partial charge is 0.492 e. The topological polar surface area (TPSA) is 45.0 Å². The molecular weight excluding hydrogens is 260 g/mol. The van der Waals surface area contributed by atoms with Crippen molar-refractivity contribution in [3.05, 3.63) is 65.2 Å². The first-order chi connectivity index (χ1) is 10.2. The summed E-state index contributed by atoms with van der Waals surface area (Å²) in [7, 11) is 0. The van der Waals surface area contributed by atoms with Crippen LogP contribution in [0.4, 0.5) is 0 Å².